The Morgan fingerprint density at radius 1 is 1.50 bits per heavy atom. The average molecular weight is 362 g/mol. The number of carbonyl (C=O) groups is 1. The summed E-state index contributed by atoms with van der Waals surface area (Å²) in [5, 5.41) is 0. The highest BCUT2D eigenvalue weighted by molar-refractivity contribution is 9.10. The molecule has 0 amide bonds. The second-order valence-corrected chi connectivity index (χ2v) is 6.20. The number of rotatable bonds is 4. The van der Waals surface area contributed by atoms with E-state index in [1.54, 1.807) is 13.0 Å². The number of thioether (sulfide) groups is 1. The van der Waals surface area contributed by atoms with Gasteiger partial charge in [-0.05, 0) is 30.3 Å². The molecule has 1 aromatic carbocycles. The lowest BCUT2D eigenvalue weighted by molar-refractivity contribution is -0.0328. The molecule has 0 saturated carbocycles. The van der Waals surface area contributed by atoms with Crippen LogP contribution in [-0.2, 0) is 5.88 Å². The van der Waals surface area contributed by atoms with Gasteiger partial charge in [-0.1, -0.05) is 28.1 Å². The summed E-state index contributed by atoms with van der Waals surface area (Å²) in [4.78, 5) is 11.3. The minimum atomic E-state index is -4.44. The quantitative estimate of drug-likeness (QED) is 0.426. The SMILES string of the molecule is CC(Br)C(=O)c1c(CCl)cccc1SC(F)(F)F. The molecule has 0 fully saturated rings. The van der Waals surface area contributed by atoms with E-state index in [2.05, 4.69) is 15.9 Å². The lowest BCUT2D eigenvalue weighted by Gasteiger charge is -2.14. The van der Waals surface area contributed by atoms with Crippen molar-refractivity contribution in [1.29, 1.82) is 0 Å². The molecule has 0 aromatic heterocycles. The van der Waals surface area contributed by atoms with Crippen LogP contribution in [0.4, 0.5) is 13.2 Å². The first kappa shape index (κ1) is 15.9. The van der Waals surface area contributed by atoms with E-state index in [4.69, 9.17) is 11.6 Å². The van der Waals surface area contributed by atoms with E-state index >= 15 is 0 Å². The Labute approximate surface area is 120 Å². The molecular weight excluding hydrogens is 353 g/mol. The van der Waals surface area contributed by atoms with Gasteiger partial charge >= 0.3 is 5.51 Å². The Morgan fingerprint density at radius 2 is 2.11 bits per heavy atom. The monoisotopic (exact) mass is 360 g/mol. The maximum atomic E-state index is 12.4. The van der Waals surface area contributed by atoms with Crippen LogP contribution in [0.25, 0.3) is 0 Å². The van der Waals surface area contributed by atoms with Gasteiger partial charge in [0.2, 0.25) is 0 Å². The van der Waals surface area contributed by atoms with Gasteiger partial charge in [0.25, 0.3) is 0 Å². The predicted octanol–water partition coefficient (Wildman–Crippen LogP) is 5.00. The number of Topliss-reactive ketones (excluding diaryl/α,β-unsaturated/α-hetero) is 1. The van der Waals surface area contributed by atoms with Gasteiger partial charge in [0.15, 0.2) is 5.78 Å². The molecule has 0 saturated heterocycles. The molecule has 1 unspecified atom stereocenters. The maximum absolute atomic E-state index is 12.4. The summed E-state index contributed by atoms with van der Waals surface area (Å²) >= 11 is 8.44. The number of halogens is 5. The first-order valence-corrected chi connectivity index (χ1v) is 7.15. The van der Waals surface area contributed by atoms with Crippen molar-refractivity contribution in [3.05, 3.63) is 29.3 Å². The van der Waals surface area contributed by atoms with Crippen LogP contribution in [0.5, 0.6) is 0 Å². The zero-order valence-electron chi connectivity index (χ0n) is 9.22. The third-order valence-corrected chi connectivity index (χ3v) is 3.59. The molecule has 0 aliphatic carbocycles. The van der Waals surface area contributed by atoms with Gasteiger partial charge < -0.3 is 0 Å². The van der Waals surface area contributed by atoms with Gasteiger partial charge in [-0.15, -0.1) is 11.6 Å². The topological polar surface area (TPSA) is 17.1 Å². The van der Waals surface area contributed by atoms with Crippen molar-refractivity contribution >= 4 is 45.1 Å². The van der Waals surface area contributed by atoms with Crippen molar-refractivity contribution in [2.45, 2.75) is 28.0 Å². The Kier molecular flexibility index (Phi) is 5.55. The van der Waals surface area contributed by atoms with Crippen molar-refractivity contribution in [2.75, 3.05) is 0 Å². The van der Waals surface area contributed by atoms with E-state index in [9.17, 15) is 18.0 Å². The Hall–Kier alpha value is -0.200. The van der Waals surface area contributed by atoms with E-state index < -0.39 is 16.1 Å². The van der Waals surface area contributed by atoms with Gasteiger partial charge in [0, 0.05) is 16.3 Å². The molecule has 1 rings (SSSR count). The second kappa shape index (κ2) is 6.30. The molecule has 18 heavy (non-hydrogen) atoms. The van der Waals surface area contributed by atoms with E-state index in [1.165, 1.54) is 12.1 Å². The number of carbonyl (C=O) groups excluding carboxylic acids is 1. The lowest BCUT2D eigenvalue weighted by Crippen LogP contribution is -2.15. The highest BCUT2D eigenvalue weighted by Crippen LogP contribution is 2.40. The van der Waals surface area contributed by atoms with Crippen molar-refractivity contribution < 1.29 is 18.0 Å². The van der Waals surface area contributed by atoms with Crippen molar-refractivity contribution in [2.24, 2.45) is 0 Å². The standard InChI is InChI=1S/C11H9BrClF3OS/c1-6(12)10(17)9-7(5-13)3-2-4-8(9)18-11(14,15)16/h2-4,6H,5H2,1H3. The summed E-state index contributed by atoms with van der Waals surface area (Å²) in [5.41, 5.74) is -3.99. The molecule has 0 aliphatic rings. The zero-order chi connectivity index (χ0) is 13.9. The number of hydrogen-bond acceptors (Lipinski definition) is 2. The fourth-order valence-electron chi connectivity index (χ4n) is 1.38. The minimum Gasteiger partial charge on any atom is -0.293 e. The predicted molar refractivity (Wildman–Crippen MR) is 70.6 cm³/mol. The minimum absolute atomic E-state index is 0.00689. The number of ketones is 1. The fraction of sp³-hybridized carbons (Fsp3) is 0.364. The summed E-state index contributed by atoms with van der Waals surface area (Å²) < 4.78 is 37.3. The molecule has 0 N–H and O–H groups in total. The number of hydrogen-bond donors (Lipinski definition) is 0. The van der Waals surface area contributed by atoms with Crippen LogP contribution in [0.1, 0.15) is 22.8 Å². The second-order valence-electron chi connectivity index (χ2n) is 3.45. The molecule has 0 heterocycles. The van der Waals surface area contributed by atoms with E-state index in [-0.39, 0.29) is 28.1 Å². The van der Waals surface area contributed by atoms with Gasteiger partial charge in [0.05, 0.1) is 4.83 Å². The smallest absolute Gasteiger partial charge is 0.293 e. The Morgan fingerprint density at radius 3 is 2.56 bits per heavy atom. The van der Waals surface area contributed by atoms with E-state index in [0.717, 1.165) is 0 Å². The van der Waals surface area contributed by atoms with Crippen molar-refractivity contribution in [3.63, 3.8) is 0 Å². The molecule has 1 nitrogen and oxygen atoms in total. The third-order valence-electron chi connectivity index (χ3n) is 2.09. The van der Waals surface area contributed by atoms with Gasteiger partial charge in [0.1, 0.15) is 0 Å². The van der Waals surface area contributed by atoms with Crippen LogP contribution < -0.4 is 0 Å². The van der Waals surface area contributed by atoms with Crippen molar-refractivity contribution in [3.8, 4) is 0 Å². The molecule has 1 atom stereocenters. The first-order valence-electron chi connectivity index (χ1n) is 4.88. The molecule has 0 radical (unpaired) electrons. The summed E-state index contributed by atoms with van der Waals surface area (Å²) in [6, 6.07) is 4.29. The number of benzene rings is 1. The van der Waals surface area contributed by atoms with E-state index in [1.807, 2.05) is 0 Å². The van der Waals surface area contributed by atoms with Gasteiger partial charge in [-0.3, -0.25) is 4.79 Å². The summed E-state index contributed by atoms with van der Waals surface area (Å²) in [7, 11) is 0. The lowest BCUT2D eigenvalue weighted by atomic mass is 10.0. The van der Waals surface area contributed by atoms with Crippen LogP contribution in [0.3, 0.4) is 0 Å². The zero-order valence-corrected chi connectivity index (χ0v) is 12.4. The molecule has 0 bridgehead atoms. The number of alkyl halides is 5. The average Bonchev–Trinajstić information content (AvgIpc) is 2.25. The highest BCUT2D eigenvalue weighted by atomic mass is 79.9. The van der Waals surface area contributed by atoms with Crippen molar-refractivity contribution in [1.82, 2.24) is 0 Å². The maximum Gasteiger partial charge on any atom is 0.446 e. The van der Waals surface area contributed by atoms with E-state index in [0.29, 0.717) is 5.56 Å². The molecule has 0 spiro atoms. The van der Waals surface area contributed by atoms with Crippen LogP contribution >= 0.6 is 39.3 Å². The Balaban J connectivity index is 3.29. The van der Waals surface area contributed by atoms with Gasteiger partial charge in [-0.2, -0.15) is 13.2 Å². The molecule has 1 aromatic rings. The van der Waals surface area contributed by atoms with Crippen LogP contribution in [0, 0.1) is 0 Å². The largest absolute Gasteiger partial charge is 0.446 e. The molecule has 0 aliphatic heterocycles. The molecule has 100 valence electrons. The van der Waals surface area contributed by atoms with Crippen LogP contribution in [-0.4, -0.2) is 16.1 Å². The Bertz CT molecular complexity index is 448. The first-order chi connectivity index (χ1) is 8.26. The highest BCUT2D eigenvalue weighted by Gasteiger charge is 2.32. The molecular formula is C11H9BrClF3OS. The molecule has 7 heteroatoms. The van der Waals surface area contributed by atoms with Crippen LogP contribution in [0.15, 0.2) is 23.1 Å². The summed E-state index contributed by atoms with van der Waals surface area (Å²) in [6.45, 7) is 1.56. The van der Waals surface area contributed by atoms with Crippen LogP contribution in [0.2, 0.25) is 0 Å². The fourth-order valence-corrected chi connectivity index (χ4v) is 2.56. The third kappa shape index (κ3) is 4.17. The summed E-state index contributed by atoms with van der Waals surface area (Å²) in [5.74, 6) is -0.412. The normalized spacial score (nSPS) is 13.4. The summed E-state index contributed by atoms with van der Waals surface area (Å²) in [6.07, 6.45) is 0. The van der Waals surface area contributed by atoms with Gasteiger partial charge in [-0.25, -0.2) is 0 Å².